The van der Waals surface area contributed by atoms with E-state index in [1.165, 1.54) is 5.56 Å². The quantitative estimate of drug-likeness (QED) is 0.883. The number of nitrogens with one attached hydrogen (secondary N) is 1. The molecule has 0 spiro atoms. The van der Waals surface area contributed by atoms with E-state index in [0.717, 1.165) is 18.8 Å². The van der Waals surface area contributed by atoms with E-state index in [1.807, 2.05) is 12.1 Å². The van der Waals surface area contributed by atoms with Gasteiger partial charge in [0.15, 0.2) is 0 Å². The monoisotopic (exact) mass is 246 g/mol. The van der Waals surface area contributed by atoms with Crippen molar-refractivity contribution in [1.82, 2.24) is 10.2 Å². The number of nitrogens with zero attached hydrogens (tertiary/aromatic N) is 1. The van der Waals surface area contributed by atoms with Crippen LogP contribution in [0, 0.1) is 5.92 Å². The van der Waals surface area contributed by atoms with Crippen molar-refractivity contribution in [3.05, 3.63) is 42.1 Å². The Morgan fingerprint density at radius 1 is 1.33 bits per heavy atom. The van der Waals surface area contributed by atoms with Gasteiger partial charge in [0.05, 0.1) is 13.3 Å². The molecule has 98 valence electrons. The summed E-state index contributed by atoms with van der Waals surface area (Å²) >= 11 is 0. The van der Waals surface area contributed by atoms with Crippen molar-refractivity contribution in [3.63, 3.8) is 0 Å². The van der Waals surface area contributed by atoms with Gasteiger partial charge >= 0.3 is 0 Å². The highest BCUT2D eigenvalue weighted by molar-refractivity contribution is 5.27. The predicted molar refractivity (Wildman–Crippen MR) is 74.3 cm³/mol. The Bertz CT molecular complexity index is 397. The molecule has 0 saturated carbocycles. The van der Waals surface area contributed by atoms with Crippen LogP contribution >= 0.6 is 0 Å². The second kappa shape index (κ2) is 5.91. The summed E-state index contributed by atoms with van der Waals surface area (Å²) in [6, 6.07) is 8.28. The van der Waals surface area contributed by atoms with Crippen molar-refractivity contribution in [2.75, 3.05) is 13.7 Å². The van der Waals surface area contributed by atoms with Crippen LogP contribution in [-0.4, -0.2) is 24.7 Å². The van der Waals surface area contributed by atoms with Gasteiger partial charge in [-0.2, -0.15) is 0 Å². The molecule has 0 aliphatic carbocycles. The smallest absolute Gasteiger partial charge is 0.118 e. The minimum Gasteiger partial charge on any atom is -0.497 e. The third kappa shape index (κ3) is 3.05. The fourth-order valence-corrected chi connectivity index (χ4v) is 2.30. The van der Waals surface area contributed by atoms with Crippen LogP contribution in [0.15, 0.2) is 36.5 Å². The summed E-state index contributed by atoms with van der Waals surface area (Å²) in [5.41, 5.74) is 1.30. The van der Waals surface area contributed by atoms with Gasteiger partial charge in [-0.25, -0.2) is 0 Å². The summed E-state index contributed by atoms with van der Waals surface area (Å²) in [5, 5.41) is 3.53. The second-order valence-corrected chi connectivity index (χ2v) is 5.00. The van der Waals surface area contributed by atoms with Crippen molar-refractivity contribution in [3.8, 4) is 5.75 Å². The number of benzene rings is 1. The largest absolute Gasteiger partial charge is 0.497 e. The molecule has 1 unspecified atom stereocenters. The van der Waals surface area contributed by atoms with Crippen molar-refractivity contribution < 1.29 is 4.74 Å². The van der Waals surface area contributed by atoms with E-state index in [0.29, 0.717) is 12.1 Å². The molecule has 18 heavy (non-hydrogen) atoms. The van der Waals surface area contributed by atoms with Crippen molar-refractivity contribution in [2.45, 2.75) is 26.6 Å². The summed E-state index contributed by atoms with van der Waals surface area (Å²) in [7, 11) is 1.70. The first kappa shape index (κ1) is 13.0. The molecule has 3 nitrogen and oxygen atoms in total. The summed E-state index contributed by atoms with van der Waals surface area (Å²) in [4.78, 5) is 2.36. The zero-order valence-electron chi connectivity index (χ0n) is 11.4. The molecule has 1 aromatic carbocycles. The standard InChI is InChI=1S/C15H22N2O/c1-12(2)15-16-9-4-10-17(15)11-13-5-7-14(18-3)8-6-13/h4-8,10,12,15-16H,9,11H2,1-3H3. The van der Waals surface area contributed by atoms with Crippen LogP contribution in [0.5, 0.6) is 5.75 Å². The van der Waals surface area contributed by atoms with Gasteiger partial charge in [0, 0.05) is 13.1 Å². The number of methoxy groups -OCH3 is 1. The normalized spacial score (nSPS) is 19.3. The first-order valence-corrected chi connectivity index (χ1v) is 6.49. The van der Waals surface area contributed by atoms with Crippen molar-refractivity contribution >= 4 is 0 Å². The maximum Gasteiger partial charge on any atom is 0.118 e. The van der Waals surface area contributed by atoms with Gasteiger partial charge in [-0.3, -0.25) is 5.32 Å². The molecule has 3 heteroatoms. The van der Waals surface area contributed by atoms with Gasteiger partial charge in [-0.1, -0.05) is 32.1 Å². The molecule has 0 aromatic heterocycles. The lowest BCUT2D eigenvalue weighted by atomic mass is 10.1. The van der Waals surface area contributed by atoms with E-state index < -0.39 is 0 Å². The van der Waals surface area contributed by atoms with Crippen LogP contribution in [0.1, 0.15) is 19.4 Å². The molecular weight excluding hydrogens is 224 g/mol. The Kier molecular flexibility index (Phi) is 4.26. The molecule has 1 aliphatic heterocycles. The zero-order chi connectivity index (χ0) is 13.0. The Morgan fingerprint density at radius 2 is 2.06 bits per heavy atom. The summed E-state index contributed by atoms with van der Waals surface area (Å²) in [6.45, 7) is 6.38. The van der Waals surface area contributed by atoms with Gasteiger partial charge in [0.1, 0.15) is 5.75 Å². The number of ether oxygens (including phenoxy) is 1. The highest BCUT2D eigenvalue weighted by Gasteiger charge is 2.20. The van der Waals surface area contributed by atoms with Crippen molar-refractivity contribution in [1.29, 1.82) is 0 Å². The van der Waals surface area contributed by atoms with Crippen LogP contribution < -0.4 is 10.1 Å². The molecular formula is C15H22N2O. The Balaban J connectivity index is 2.06. The predicted octanol–water partition coefficient (Wildman–Crippen LogP) is 2.60. The minimum absolute atomic E-state index is 0.414. The number of rotatable bonds is 4. The first-order valence-electron chi connectivity index (χ1n) is 6.49. The minimum atomic E-state index is 0.414. The average molecular weight is 246 g/mol. The molecule has 1 aromatic rings. The molecule has 1 N–H and O–H groups in total. The summed E-state index contributed by atoms with van der Waals surface area (Å²) in [6.07, 6.45) is 4.78. The van der Waals surface area contributed by atoms with Gasteiger partial charge in [-0.15, -0.1) is 0 Å². The maximum absolute atomic E-state index is 5.18. The molecule has 0 saturated heterocycles. The first-order chi connectivity index (χ1) is 8.70. The van der Waals surface area contributed by atoms with Gasteiger partial charge < -0.3 is 9.64 Å². The molecule has 2 rings (SSSR count). The molecule has 0 bridgehead atoms. The van der Waals surface area contributed by atoms with Crippen LogP contribution in [0.25, 0.3) is 0 Å². The van der Waals surface area contributed by atoms with Crippen LogP contribution in [0.2, 0.25) is 0 Å². The lowest BCUT2D eigenvalue weighted by Crippen LogP contribution is -2.48. The number of hydrogen-bond donors (Lipinski definition) is 1. The average Bonchev–Trinajstić information content (AvgIpc) is 2.40. The van der Waals surface area contributed by atoms with Crippen LogP contribution in [0.3, 0.4) is 0 Å². The number of hydrogen-bond acceptors (Lipinski definition) is 3. The van der Waals surface area contributed by atoms with Gasteiger partial charge in [0.25, 0.3) is 0 Å². The Morgan fingerprint density at radius 3 is 2.67 bits per heavy atom. The topological polar surface area (TPSA) is 24.5 Å². The van der Waals surface area contributed by atoms with Gasteiger partial charge in [-0.05, 0) is 29.8 Å². The highest BCUT2D eigenvalue weighted by atomic mass is 16.5. The van der Waals surface area contributed by atoms with E-state index in [2.05, 4.69) is 48.5 Å². The zero-order valence-corrected chi connectivity index (χ0v) is 11.4. The fourth-order valence-electron chi connectivity index (χ4n) is 2.30. The third-order valence-corrected chi connectivity index (χ3v) is 3.25. The third-order valence-electron chi connectivity index (χ3n) is 3.25. The van der Waals surface area contributed by atoms with E-state index in [4.69, 9.17) is 4.74 Å². The second-order valence-electron chi connectivity index (χ2n) is 5.00. The Labute approximate surface area is 109 Å². The van der Waals surface area contributed by atoms with E-state index in [1.54, 1.807) is 7.11 Å². The lowest BCUT2D eigenvalue weighted by molar-refractivity contribution is 0.167. The molecule has 0 radical (unpaired) electrons. The van der Waals surface area contributed by atoms with Crippen molar-refractivity contribution in [2.24, 2.45) is 5.92 Å². The maximum atomic E-state index is 5.18. The molecule has 1 atom stereocenters. The van der Waals surface area contributed by atoms with E-state index in [9.17, 15) is 0 Å². The summed E-state index contributed by atoms with van der Waals surface area (Å²) < 4.78 is 5.18. The van der Waals surface area contributed by atoms with E-state index in [-0.39, 0.29) is 0 Å². The molecule has 1 aliphatic rings. The Hall–Kier alpha value is -1.48. The van der Waals surface area contributed by atoms with Crippen LogP contribution in [0.4, 0.5) is 0 Å². The molecule has 0 fully saturated rings. The lowest BCUT2D eigenvalue weighted by Gasteiger charge is -2.36. The van der Waals surface area contributed by atoms with Crippen LogP contribution in [-0.2, 0) is 6.54 Å². The SMILES string of the molecule is COc1ccc(CN2C=CCNC2C(C)C)cc1. The highest BCUT2D eigenvalue weighted by Crippen LogP contribution is 2.18. The van der Waals surface area contributed by atoms with Gasteiger partial charge in [0.2, 0.25) is 0 Å². The van der Waals surface area contributed by atoms with E-state index >= 15 is 0 Å². The molecule has 1 heterocycles. The molecule has 0 amide bonds. The summed E-state index contributed by atoms with van der Waals surface area (Å²) in [5.74, 6) is 1.50. The fraction of sp³-hybridized carbons (Fsp3) is 0.467.